The molecule has 5 rings (SSSR count). The van der Waals surface area contributed by atoms with E-state index in [0.29, 0.717) is 17.9 Å². The molecule has 0 radical (unpaired) electrons. The van der Waals surface area contributed by atoms with E-state index in [1.54, 1.807) is 6.07 Å². The van der Waals surface area contributed by atoms with Crippen LogP contribution in [-0.4, -0.2) is 18.1 Å². The Kier molecular flexibility index (Phi) is 4.40. The number of urea groups is 1. The van der Waals surface area contributed by atoms with Crippen LogP contribution in [0.1, 0.15) is 39.7 Å². The molecule has 0 fully saturated rings. The molecule has 3 amide bonds. The Bertz CT molecular complexity index is 1230. The molecule has 0 spiro atoms. The zero-order valence-electron chi connectivity index (χ0n) is 16.8. The van der Waals surface area contributed by atoms with Crippen LogP contribution in [-0.2, 0) is 18.4 Å². The van der Waals surface area contributed by atoms with Gasteiger partial charge in [0, 0.05) is 4.88 Å². The second kappa shape index (κ2) is 6.84. The number of hydrogen-bond donors (Lipinski definition) is 2. The highest BCUT2D eigenvalue weighted by atomic mass is 32.1. The minimum atomic E-state index is -5.04. The minimum absolute atomic E-state index is 0.261. The Labute approximate surface area is 185 Å². The predicted octanol–water partition coefficient (Wildman–Crippen LogP) is 4.34. The lowest BCUT2D eigenvalue weighted by Gasteiger charge is -2.44. The Balaban J connectivity index is 1.78. The van der Waals surface area contributed by atoms with Crippen molar-refractivity contribution in [3.05, 3.63) is 63.3 Å². The molecule has 3 aliphatic rings. The van der Waals surface area contributed by atoms with Gasteiger partial charge in [-0.25, -0.2) is 9.69 Å². The van der Waals surface area contributed by atoms with Gasteiger partial charge in [0.1, 0.15) is 22.5 Å². The molecule has 6 nitrogen and oxygen atoms in total. The van der Waals surface area contributed by atoms with Gasteiger partial charge in [0.2, 0.25) is 5.54 Å². The van der Waals surface area contributed by atoms with Crippen LogP contribution < -0.4 is 15.5 Å². The Hall–Kier alpha value is -3.32. The molecular weight excluding hydrogens is 441 g/mol. The van der Waals surface area contributed by atoms with Crippen LogP contribution in [0.25, 0.3) is 0 Å². The van der Waals surface area contributed by atoms with E-state index < -0.39 is 35.0 Å². The van der Waals surface area contributed by atoms with Crippen LogP contribution in [0.5, 0.6) is 0 Å². The van der Waals surface area contributed by atoms with Gasteiger partial charge < -0.3 is 10.6 Å². The van der Waals surface area contributed by atoms with Gasteiger partial charge in [-0.15, -0.1) is 11.3 Å². The van der Waals surface area contributed by atoms with Gasteiger partial charge in [0.05, 0.1) is 5.56 Å². The van der Waals surface area contributed by atoms with E-state index in [1.807, 2.05) is 0 Å². The van der Waals surface area contributed by atoms with Crippen LogP contribution in [0.3, 0.4) is 0 Å². The molecule has 2 atom stereocenters. The summed E-state index contributed by atoms with van der Waals surface area (Å²) in [6.07, 6.45) is -2.77. The zero-order chi connectivity index (χ0) is 22.8. The summed E-state index contributed by atoms with van der Waals surface area (Å²) in [5.41, 5.74) is -3.03. The van der Waals surface area contributed by atoms with Crippen LogP contribution in [0.4, 0.5) is 23.0 Å². The largest absolute Gasteiger partial charge is 0.421 e. The SMILES string of the molecule is C[C@@H]1CCc2c(sc3c2C(=O)NC2=C(C#N)[C@](c4ccccc4)(C(F)(F)F)NC(=O)N23)C1. The van der Waals surface area contributed by atoms with Gasteiger partial charge in [0.25, 0.3) is 5.91 Å². The number of alkyl halides is 3. The van der Waals surface area contributed by atoms with Gasteiger partial charge in [-0.2, -0.15) is 18.4 Å². The summed E-state index contributed by atoms with van der Waals surface area (Å²) >= 11 is 1.23. The molecule has 0 bridgehead atoms. The molecule has 0 unspecified atom stereocenters. The van der Waals surface area contributed by atoms with E-state index in [4.69, 9.17) is 0 Å². The Morgan fingerprint density at radius 1 is 1.25 bits per heavy atom. The van der Waals surface area contributed by atoms with Crippen molar-refractivity contribution in [3.63, 3.8) is 0 Å². The number of rotatable bonds is 1. The molecule has 3 heterocycles. The van der Waals surface area contributed by atoms with Crippen molar-refractivity contribution in [2.24, 2.45) is 5.92 Å². The van der Waals surface area contributed by atoms with E-state index in [1.165, 1.54) is 41.7 Å². The molecule has 10 heteroatoms. The average molecular weight is 458 g/mol. The highest BCUT2D eigenvalue weighted by molar-refractivity contribution is 7.17. The molecule has 164 valence electrons. The monoisotopic (exact) mass is 458 g/mol. The topological polar surface area (TPSA) is 85.2 Å². The summed E-state index contributed by atoms with van der Waals surface area (Å²) in [6.45, 7) is 2.09. The summed E-state index contributed by atoms with van der Waals surface area (Å²) in [6, 6.07) is 7.31. The normalized spacial score (nSPS) is 24.7. The van der Waals surface area contributed by atoms with E-state index in [2.05, 4.69) is 17.6 Å². The average Bonchev–Trinajstić information content (AvgIpc) is 3.12. The van der Waals surface area contributed by atoms with Crippen molar-refractivity contribution in [2.45, 2.75) is 37.9 Å². The number of benzene rings is 1. The quantitative estimate of drug-likeness (QED) is 0.667. The van der Waals surface area contributed by atoms with E-state index in [0.717, 1.165) is 28.2 Å². The first-order chi connectivity index (χ1) is 15.2. The number of amides is 3. The van der Waals surface area contributed by atoms with Crippen molar-refractivity contribution in [3.8, 4) is 6.07 Å². The van der Waals surface area contributed by atoms with Gasteiger partial charge >= 0.3 is 12.2 Å². The number of nitriles is 1. The molecule has 1 aromatic heterocycles. The van der Waals surface area contributed by atoms with Crippen molar-refractivity contribution in [2.75, 3.05) is 4.90 Å². The van der Waals surface area contributed by atoms with Crippen molar-refractivity contribution < 1.29 is 22.8 Å². The first-order valence-corrected chi connectivity index (χ1v) is 10.9. The molecule has 0 saturated carbocycles. The van der Waals surface area contributed by atoms with Crippen molar-refractivity contribution in [1.29, 1.82) is 5.26 Å². The number of carbonyl (C=O) groups is 2. The summed E-state index contributed by atoms with van der Waals surface area (Å²) in [4.78, 5) is 28.2. The van der Waals surface area contributed by atoms with Crippen molar-refractivity contribution in [1.82, 2.24) is 10.6 Å². The highest BCUT2D eigenvalue weighted by Gasteiger charge is 2.64. The van der Waals surface area contributed by atoms with E-state index >= 15 is 0 Å². The number of nitrogens with zero attached hydrogens (tertiary/aromatic N) is 2. The van der Waals surface area contributed by atoms with Crippen molar-refractivity contribution >= 4 is 28.3 Å². The third-order valence-corrected chi connectivity index (χ3v) is 7.47. The fourth-order valence-corrected chi connectivity index (χ4v) is 6.21. The van der Waals surface area contributed by atoms with Gasteiger partial charge in [-0.05, 0) is 36.3 Å². The van der Waals surface area contributed by atoms with Gasteiger partial charge in [0.15, 0.2) is 0 Å². The number of nitrogens with one attached hydrogen (secondary N) is 2. The molecular formula is C22H17F3N4O2S. The summed E-state index contributed by atoms with van der Waals surface area (Å²) in [5, 5.41) is 14.6. The Morgan fingerprint density at radius 3 is 2.62 bits per heavy atom. The number of fused-ring (bicyclic) bond motifs is 5. The molecule has 0 saturated heterocycles. The highest BCUT2D eigenvalue weighted by Crippen LogP contribution is 2.51. The lowest BCUT2D eigenvalue weighted by Crippen LogP contribution is -2.66. The van der Waals surface area contributed by atoms with Crippen LogP contribution in [0, 0.1) is 17.2 Å². The molecule has 2 aromatic rings. The summed E-state index contributed by atoms with van der Waals surface area (Å²) in [7, 11) is 0. The zero-order valence-corrected chi connectivity index (χ0v) is 17.7. The maximum atomic E-state index is 14.5. The number of hydrogen-bond acceptors (Lipinski definition) is 4. The molecule has 2 N–H and O–H groups in total. The minimum Gasteiger partial charge on any atom is -0.315 e. The van der Waals surface area contributed by atoms with Gasteiger partial charge in [-0.3, -0.25) is 4.79 Å². The standard InChI is InChI=1S/C22H17F3N4O2S/c1-11-7-8-13-15(9-11)32-19-16(13)18(30)27-17-14(10-26)21(22(23,24)25,28-20(31)29(17)19)12-5-3-2-4-6-12/h2-6,11H,7-9H2,1H3,(H,27,30)(H,28,31)/t11-,21-/m1/s1. The fraction of sp³-hybridized carbons (Fsp3) is 0.318. The lowest BCUT2D eigenvalue weighted by atomic mass is 9.80. The lowest BCUT2D eigenvalue weighted by molar-refractivity contribution is -0.185. The van der Waals surface area contributed by atoms with Gasteiger partial charge in [-0.1, -0.05) is 37.3 Å². The van der Waals surface area contributed by atoms with Crippen LogP contribution >= 0.6 is 11.3 Å². The fourth-order valence-electron chi connectivity index (χ4n) is 4.70. The van der Waals surface area contributed by atoms with E-state index in [9.17, 15) is 28.0 Å². The summed E-state index contributed by atoms with van der Waals surface area (Å²) in [5.74, 6) is -0.632. The third-order valence-electron chi connectivity index (χ3n) is 6.23. The van der Waals surface area contributed by atoms with E-state index in [-0.39, 0.29) is 10.6 Å². The molecule has 1 aliphatic carbocycles. The molecule has 1 aromatic carbocycles. The van der Waals surface area contributed by atoms with Crippen LogP contribution in [0.2, 0.25) is 0 Å². The molecule has 32 heavy (non-hydrogen) atoms. The smallest absolute Gasteiger partial charge is 0.315 e. The first-order valence-electron chi connectivity index (χ1n) is 10.0. The summed E-state index contributed by atoms with van der Waals surface area (Å²) < 4.78 is 43.6. The number of carbonyl (C=O) groups excluding carboxylic acids is 2. The predicted molar refractivity (Wildman–Crippen MR) is 111 cm³/mol. The maximum Gasteiger partial charge on any atom is 0.421 e. The Morgan fingerprint density at radius 2 is 1.97 bits per heavy atom. The first kappa shape index (κ1) is 20.6. The number of thiophene rings is 1. The second-order valence-corrected chi connectivity index (χ2v) is 9.28. The number of halogens is 3. The maximum absolute atomic E-state index is 14.5. The molecule has 2 aliphatic heterocycles. The van der Waals surface area contributed by atoms with Crippen LogP contribution in [0.15, 0.2) is 41.7 Å². The number of anilines is 1. The second-order valence-electron chi connectivity index (χ2n) is 8.20. The third kappa shape index (κ3) is 2.64.